The van der Waals surface area contributed by atoms with Crippen LogP contribution < -0.4 is 10.6 Å². The number of hydrogen-bond acceptors (Lipinski definition) is 7. The Hall–Kier alpha value is -1.44. The van der Waals surface area contributed by atoms with Gasteiger partial charge in [-0.3, -0.25) is 0 Å². The van der Waals surface area contributed by atoms with Crippen molar-refractivity contribution in [1.82, 2.24) is 9.97 Å². The molecular formula is C13H20N4O2S. The third-order valence-corrected chi connectivity index (χ3v) is 3.96. The molecule has 0 aliphatic heterocycles. The summed E-state index contributed by atoms with van der Waals surface area (Å²) in [5, 5.41) is 15.9. The van der Waals surface area contributed by atoms with E-state index in [0.29, 0.717) is 25.7 Å². The van der Waals surface area contributed by atoms with Crippen LogP contribution in [0.15, 0.2) is 6.07 Å². The molecule has 0 spiro atoms. The highest BCUT2D eigenvalue weighted by atomic mass is 32.1. The average molecular weight is 296 g/mol. The molecule has 20 heavy (non-hydrogen) atoms. The van der Waals surface area contributed by atoms with Crippen LogP contribution in [0.25, 0.3) is 10.2 Å². The minimum absolute atomic E-state index is 0.0477. The molecule has 0 radical (unpaired) electrons. The normalized spacial score (nSPS) is 10.9. The molecule has 2 heterocycles. The molecular weight excluding hydrogens is 276 g/mol. The maximum atomic E-state index is 8.65. The number of nitrogens with one attached hydrogen (secondary N) is 2. The first-order valence-electron chi connectivity index (χ1n) is 6.69. The molecule has 0 atom stereocenters. The lowest BCUT2D eigenvalue weighted by molar-refractivity contribution is 0.0992. The fourth-order valence-corrected chi connectivity index (χ4v) is 2.77. The van der Waals surface area contributed by atoms with Gasteiger partial charge in [0.1, 0.15) is 10.6 Å². The number of anilines is 2. The third-order valence-electron chi connectivity index (χ3n) is 2.79. The minimum Gasteiger partial charge on any atom is -0.394 e. The predicted octanol–water partition coefficient (Wildman–Crippen LogP) is 1.72. The molecule has 0 amide bonds. The van der Waals surface area contributed by atoms with Crippen LogP contribution in [0.4, 0.5) is 11.8 Å². The molecule has 2 rings (SSSR count). The van der Waals surface area contributed by atoms with Gasteiger partial charge in [0.05, 0.1) is 25.2 Å². The monoisotopic (exact) mass is 296 g/mol. The Kier molecular flexibility index (Phi) is 5.51. The second kappa shape index (κ2) is 7.37. The number of thiophene rings is 1. The topological polar surface area (TPSA) is 79.3 Å². The van der Waals surface area contributed by atoms with E-state index >= 15 is 0 Å². The van der Waals surface area contributed by atoms with Crippen LogP contribution in [0.2, 0.25) is 0 Å². The molecule has 0 saturated carbocycles. The molecule has 0 bridgehead atoms. The summed E-state index contributed by atoms with van der Waals surface area (Å²) in [5.41, 5.74) is 0. The van der Waals surface area contributed by atoms with Gasteiger partial charge in [-0.25, -0.2) is 4.98 Å². The Labute approximate surface area is 122 Å². The number of aryl methyl sites for hydroxylation is 1. The van der Waals surface area contributed by atoms with Crippen LogP contribution >= 0.6 is 11.3 Å². The Morgan fingerprint density at radius 3 is 2.90 bits per heavy atom. The van der Waals surface area contributed by atoms with Crippen LogP contribution in [0.5, 0.6) is 0 Å². The second-order valence-corrected chi connectivity index (χ2v) is 5.31. The fourth-order valence-electron chi connectivity index (χ4n) is 1.80. The number of ether oxygens (including phenoxy) is 1. The molecule has 0 aromatic carbocycles. The van der Waals surface area contributed by atoms with Gasteiger partial charge < -0.3 is 20.5 Å². The summed E-state index contributed by atoms with van der Waals surface area (Å²) in [5.74, 6) is 1.43. The number of fused-ring (bicyclic) bond motifs is 1. The average Bonchev–Trinajstić information content (AvgIpc) is 2.89. The van der Waals surface area contributed by atoms with E-state index < -0.39 is 0 Å². The van der Waals surface area contributed by atoms with Crippen LogP contribution in [0.3, 0.4) is 0 Å². The van der Waals surface area contributed by atoms with E-state index in [9.17, 15) is 0 Å². The van der Waals surface area contributed by atoms with Crippen molar-refractivity contribution >= 4 is 33.3 Å². The lowest BCUT2D eigenvalue weighted by Crippen LogP contribution is -2.13. The summed E-state index contributed by atoms with van der Waals surface area (Å²) in [4.78, 5) is 11.2. The zero-order chi connectivity index (χ0) is 14.4. The van der Waals surface area contributed by atoms with Gasteiger partial charge in [0.25, 0.3) is 0 Å². The molecule has 2 aromatic heterocycles. The van der Waals surface area contributed by atoms with Crippen molar-refractivity contribution < 1.29 is 9.84 Å². The Morgan fingerprint density at radius 2 is 2.20 bits per heavy atom. The van der Waals surface area contributed by atoms with E-state index in [1.54, 1.807) is 11.3 Å². The first-order chi connectivity index (χ1) is 9.78. The maximum absolute atomic E-state index is 8.65. The lowest BCUT2D eigenvalue weighted by atomic mass is 10.3. The van der Waals surface area contributed by atoms with Crippen molar-refractivity contribution in [2.24, 2.45) is 0 Å². The van der Waals surface area contributed by atoms with Gasteiger partial charge in [0.15, 0.2) is 0 Å². The Morgan fingerprint density at radius 1 is 1.35 bits per heavy atom. The first-order valence-corrected chi connectivity index (χ1v) is 7.50. The highest BCUT2D eigenvalue weighted by Crippen LogP contribution is 2.30. The van der Waals surface area contributed by atoms with Crippen LogP contribution in [0, 0.1) is 0 Å². The maximum Gasteiger partial charge on any atom is 0.225 e. The van der Waals surface area contributed by atoms with Crippen LogP contribution in [0.1, 0.15) is 11.8 Å². The van der Waals surface area contributed by atoms with Gasteiger partial charge in [-0.15, -0.1) is 11.3 Å². The van der Waals surface area contributed by atoms with E-state index in [4.69, 9.17) is 9.84 Å². The zero-order valence-electron chi connectivity index (χ0n) is 11.8. The molecule has 110 valence electrons. The highest BCUT2D eigenvalue weighted by molar-refractivity contribution is 7.18. The van der Waals surface area contributed by atoms with Crippen molar-refractivity contribution in [3.63, 3.8) is 0 Å². The molecule has 0 saturated heterocycles. The number of hydrogen-bond donors (Lipinski definition) is 3. The summed E-state index contributed by atoms with van der Waals surface area (Å²) in [6.07, 6.45) is 0.995. The molecule has 0 aliphatic carbocycles. The van der Waals surface area contributed by atoms with Gasteiger partial charge in [-0.1, -0.05) is 6.92 Å². The van der Waals surface area contributed by atoms with Crippen molar-refractivity contribution in [1.29, 1.82) is 0 Å². The van der Waals surface area contributed by atoms with Crippen molar-refractivity contribution in [3.05, 3.63) is 10.9 Å². The van der Waals surface area contributed by atoms with Crippen molar-refractivity contribution in [3.8, 4) is 0 Å². The summed E-state index contributed by atoms with van der Waals surface area (Å²) in [7, 11) is 1.81. The number of aliphatic hydroxyl groups excluding tert-OH is 1. The van der Waals surface area contributed by atoms with E-state index in [1.807, 2.05) is 7.05 Å². The van der Waals surface area contributed by atoms with Gasteiger partial charge in [0, 0.05) is 18.5 Å². The molecule has 2 aromatic rings. The van der Waals surface area contributed by atoms with E-state index in [-0.39, 0.29) is 6.61 Å². The molecule has 0 unspecified atom stereocenters. The predicted molar refractivity (Wildman–Crippen MR) is 82.7 cm³/mol. The molecule has 6 nitrogen and oxygen atoms in total. The zero-order valence-corrected chi connectivity index (χ0v) is 12.6. The minimum atomic E-state index is 0.0477. The van der Waals surface area contributed by atoms with E-state index in [0.717, 1.165) is 22.5 Å². The Balaban J connectivity index is 2.14. The highest BCUT2D eigenvalue weighted by Gasteiger charge is 2.10. The van der Waals surface area contributed by atoms with Gasteiger partial charge in [-0.05, 0) is 12.5 Å². The SMILES string of the molecule is CCc1cc2c(NCCOCCO)nc(NC)nc2s1. The van der Waals surface area contributed by atoms with Crippen molar-refractivity contribution in [2.75, 3.05) is 44.0 Å². The smallest absolute Gasteiger partial charge is 0.225 e. The van der Waals surface area contributed by atoms with Gasteiger partial charge >= 0.3 is 0 Å². The standard InChI is InChI=1S/C13H20N4O2S/c1-3-9-8-10-11(15-4-6-19-7-5-18)16-13(14-2)17-12(10)20-9/h8,18H,3-7H2,1-2H3,(H2,14,15,16,17). The third kappa shape index (κ3) is 3.56. The second-order valence-electron chi connectivity index (χ2n) is 4.19. The Bertz CT molecular complexity index is 559. The van der Waals surface area contributed by atoms with Crippen LogP contribution in [-0.4, -0.2) is 48.5 Å². The van der Waals surface area contributed by atoms with E-state index in [1.165, 1.54) is 4.88 Å². The molecule has 7 heteroatoms. The summed E-state index contributed by atoms with van der Waals surface area (Å²) >= 11 is 1.69. The molecule has 3 N–H and O–H groups in total. The summed E-state index contributed by atoms with van der Waals surface area (Å²) in [6, 6.07) is 2.14. The molecule has 0 aliphatic rings. The number of aliphatic hydroxyl groups is 1. The van der Waals surface area contributed by atoms with E-state index in [2.05, 4.69) is 33.6 Å². The number of aromatic nitrogens is 2. The first kappa shape index (κ1) is 15.0. The summed E-state index contributed by atoms with van der Waals surface area (Å²) < 4.78 is 5.23. The fraction of sp³-hybridized carbons (Fsp3) is 0.538. The van der Waals surface area contributed by atoms with Gasteiger partial charge in [0.2, 0.25) is 5.95 Å². The van der Waals surface area contributed by atoms with Crippen molar-refractivity contribution in [2.45, 2.75) is 13.3 Å². The number of nitrogens with zero attached hydrogens (tertiary/aromatic N) is 2. The molecule has 0 fully saturated rings. The lowest BCUT2D eigenvalue weighted by Gasteiger charge is -2.08. The number of rotatable bonds is 8. The largest absolute Gasteiger partial charge is 0.394 e. The van der Waals surface area contributed by atoms with Gasteiger partial charge in [-0.2, -0.15) is 4.98 Å². The quantitative estimate of drug-likeness (QED) is 0.644. The van der Waals surface area contributed by atoms with Crippen LogP contribution in [-0.2, 0) is 11.2 Å². The summed E-state index contributed by atoms with van der Waals surface area (Å²) in [6.45, 7) is 3.72.